The van der Waals surface area contributed by atoms with Crippen LogP contribution in [0.5, 0.6) is 0 Å². The molecule has 0 spiro atoms. The van der Waals surface area contributed by atoms with Crippen LogP contribution < -0.4 is 5.32 Å². The molecule has 2 N–H and O–H groups in total. The molecule has 3 aromatic carbocycles. The highest BCUT2D eigenvalue weighted by Gasteiger charge is 2.33. The van der Waals surface area contributed by atoms with E-state index in [1.165, 1.54) is 83.2 Å². The lowest BCUT2D eigenvalue weighted by atomic mass is 9.99. The zero-order valence-corrected chi connectivity index (χ0v) is 31.5. The van der Waals surface area contributed by atoms with Gasteiger partial charge in [0.25, 0.3) is 5.91 Å². The van der Waals surface area contributed by atoms with Crippen LogP contribution in [-0.2, 0) is 22.6 Å². The van der Waals surface area contributed by atoms with Crippen molar-refractivity contribution in [2.24, 2.45) is 0 Å². The smallest absolute Gasteiger partial charge is 0.271 e. The Hall–Kier alpha value is -3.69. The lowest BCUT2D eigenvalue weighted by Crippen LogP contribution is -2.40. The highest BCUT2D eigenvalue weighted by molar-refractivity contribution is 5.93. The van der Waals surface area contributed by atoms with Crippen molar-refractivity contribution in [3.05, 3.63) is 107 Å². The number of aliphatic hydroxyl groups is 1. The molecule has 280 valence electrons. The van der Waals surface area contributed by atoms with Crippen LogP contribution in [0.3, 0.4) is 0 Å². The number of unbranched alkanes of at least 4 members (excludes halogenated alkanes) is 10. The normalized spacial score (nSPS) is 17.5. The molecule has 5 rings (SSSR count). The number of benzene rings is 3. The first-order valence-electron chi connectivity index (χ1n) is 19.9. The predicted octanol–water partition coefficient (Wildman–Crippen LogP) is 9.62. The van der Waals surface area contributed by atoms with Gasteiger partial charge in [-0.25, -0.2) is 4.98 Å². The summed E-state index contributed by atoms with van der Waals surface area (Å²) < 4.78 is 13.4. The second-order valence-electron chi connectivity index (χ2n) is 14.4. The Balaban J connectivity index is 1.24. The van der Waals surface area contributed by atoms with Crippen LogP contribution in [0.25, 0.3) is 11.0 Å². The van der Waals surface area contributed by atoms with Crippen molar-refractivity contribution >= 4 is 16.9 Å². The molecule has 0 radical (unpaired) electrons. The second kappa shape index (κ2) is 21.7. The van der Waals surface area contributed by atoms with E-state index in [1.807, 2.05) is 60.7 Å². The van der Waals surface area contributed by atoms with Gasteiger partial charge in [0, 0.05) is 25.1 Å². The van der Waals surface area contributed by atoms with E-state index in [0.29, 0.717) is 17.8 Å². The van der Waals surface area contributed by atoms with E-state index in [2.05, 4.69) is 46.2 Å². The van der Waals surface area contributed by atoms with E-state index in [4.69, 9.17) is 9.47 Å². The zero-order chi connectivity index (χ0) is 36.4. The van der Waals surface area contributed by atoms with Crippen LogP contribution in [0.1, 0.15) is 142 Å². The molecule has 1 aliphatic rings. The lowest BCUT2D eigenvalue weighted by Gasteiger charge is -2.38. The van der Waals surface area contributed by atoms with Gasteiger partial charge in [0.2, 0.25) is 0 Å². The SMILES string of the molecule is CCCCCCCCN(CCCCCCCC)CC1CC(c2ccc(CO)cc2)OC(c2ccc(CNC(=O)c3cnc4ccccc4n3)cc2)O1. The number of nitrogens with zero attached hydrogens (tertiary/aromatic N) is 3. The third-order valence-corrected chi connectivity index (χ3v) is 10.1. The van der Waals surface area contributed by atoms with Crippen molar-refractivity contribution in [1.82, 2.24) is 20.2 Å². The summed E-state index contributed by atoms with van der Waals surface area (Å²) in [5.74, 6) is -0.259. The largest absolute Gasteiger partial charge is 0.392 e. The molecule has 1 aliphatic heterocycles. The molecular formula is C44H60N4O4. The minimum atomic E-state index is -0.511. The first-order valence-corrected chi connectivity index (χ1v) is 19.9. The van der Waals surface area contributed by atoms with Gasteiger partial charge in [-0.15, -0.1) is 0 Å². The molecule has 52 heavy (non-hydrogen) atoms. The number of carbonyl (C=O) groups excluding carboxylic acids is 1. The van der Waals surface area contributed by atoms with Gasteiger partial charge in [0.15, 0.2) is 6.29 Å². The number of nitrogens with one attached hydrogen (secondary N) is 1. The van der Waals surface area contributed by atoms with Crippen LogP contribution in [-0.4, -0.2) is 51.6 Å². The molecule has 8 nitrogen and oxygen atoms in total. The van der Waals surface area contributed by atoms with Crippen LogP contribution in [0, 0.1) is 0 Å². The molecule has 0 saturated carbocycles. The number of amides is 1. The molecule has 1 saturated heterocycles. The molecular weight excluding hydrogens is 649 g/mol. The molecule has 0 bridgehead atoms. The summed E-state index contributed by atoms with van der Waals surface area (Å²) in [5, 5.41) is 12.6. The van der Waals surface area contributed by atoms with Gasteiger partial charge in [-0.2, -0.15) is 0 Å². The quantitative estimate of drug-likeness (QED) is 0.0785. The van der Waals surface area contributed by atoms with E-state index < -0.39 is 6.29 Å². The summed E-state index contributed by atoms with van der Waals surface area (Å²) in [6.07, 6.45) is 17.2. The Bertz CT molecular complexity index is 1600. The molecule has 1 aromatic heterocycles. The number of carbonyl (C=O) groups is 1. The zero-order valence-electron chi connectivity index (χ0n) is 31.5. The third kappa shape index (κ3) is 12.5. The van der Waals surface area contributed by atoms with Crippen molar-refractivity contribution in [3.63, 3.8) is 0 Å². The Labute approximate surface area is 311 Å². The fourth-order valence-corrected chi connectivity index (χ4v) is 6.98. The summed E-state index contributed by atoms with van der Waals surface area (Å²) >= 11 is 0. The Morgan fingerprint density at radius 2 is 1.35 bits per heavy atom. The molecule has 0 aliphatic carbocycles. The first kappa shape index (κ1) is 39.5. The monoisotopic (exact) mass is 708 g/mol. The molecule has 3 atom stereocenters. The number of rotatable bonds is 22. The summed E-state index contributed by atoms with van der Waals surface area (Å²) in [4.78, 5) is 24.4. The fraction of sp³-hybridized carbons (Fsp3) is 0.523. The predicted molar refractivity (Wildman–Crippen MR) is 209 cm³/mol. The standard InChI is InChI=1S/C44H60N4O4/c1-3-5-7-9-11-15-27-48(28-16-12-10-8-6-4-2)32-38-29-42(36-23-21-35(33-49)22-24-36)52-44(51-38)37-25-19-34(20-26-37)30-46-43(50)41-31-45-39-17-13-14-18-40(39)47-41/h13-14,17-26,31,38,42,44,49H,3-12,15-16,27-30,32-33H2,1-2H3,(H,46,50). The van der Waals surface area contributed by atoms with E-state index in [0.717, 1.165) is 53.8 Å². The Kier molecular flexibility index (Phi) is 16.5. The number of ether oxygens (including phenoxy) is 2. The molecule has 3 unspecified atom stereocenters. The van der Waals surface area contributed by atoms with Crippen molar-refractivity contribution in [2.45, 2.75) is 129 Å². The van der Waals surface area contributed by atoms with Gasteiger partial charge >= 0.3 is 0 Å². The number of aromatic nitrogens is 2. The van der Waals surface area contributed by atoms with E-state index in [-0.39, 0.29) is 24.7 Å². The lowest BCUT2D eigenvalue weighted by molar-refractivity contribution is -0.253. The minimum absolute atomic E-state index is 0.0171. The first-order chi connectivity index (χ1) is 25.6. The molecule has 1 amide bonds. The van der Waals surface area contributed by atoms with Crippen LogP contribution in [0.15, 0.2) is 79.0 Å². The summed E-state index contributed by atoms with van der Waals surface area (Å²) in [6.45, 7) is 8.03. The Morgan fingerprint density at radius 1 is 0.750 bits per heavy atom. The van der Waals surface area contributed by atoms with E-state index in [1.54, 1.807) is 0 Å². The fourth-order valence-electron chi connectivity index (χ4n) is 6.98. The van der Waals surface area contributed by atoms with Gasteiger partial charge in [-0.05, 0) is 54.8 Å². The van der Waals surface area contributed by atoms with Gasteiger partial charge in [0.05, 0.1) is 36.0 Å². The molecule has 1 fully saturated rings. The highest BCUT2D eigenvalue weighted by atomic mass is 16.7. The Morgan fingerprint density at radius 3 is 2.00 bits per heavy atom. The number of hydrogen-bond acceptors (Lipinski definition) is 7. The number of hydrogen-bond donors (Lipinski definition) is 2. The second-order valence-corrected chi connectivity index (χ2v) is 14.4. The average molecular weight is 709 g/mol. The van der Waals surface area contributed by atoms with Crippen molar-refractivity contribution in [3.8, 4) is 0 Å². The van der Waals surface area contributed by atoms with Crippen molar-refractivity contribution in [1.29, 1.82) is 0 Å². The van der Waals surface area contributed by atoms with Gasteiger partial charge in [0.1, 0.15) is 5.69 Å². The van der Waals surface area contributed by atoms with E-state index in [9.17, 15) is 9.90 Å². The maximum absolute atomic E-state index is 12.9. The summed E-state index contributed by atoms with van der Waals surface area (Å²) in [5.41, 5.74) is 5.67. The number of aliphatic hydroxyl groups excluding tert-OH is 1. The third-order valence-electron chi connectivity index (χ3n) is 10.1. The maximum atomic E-state index is 12.9. The number of para-hydroxylation sites is 2. The summed E-state index contributed by atoms with van der Waals surface area (Å²) in [6, 6.07) is 23.8. The van der Waals surface area contributed by atoms with Gasteiger partial charge in [-0.1, -0.05) is 139 Å². The van der Waals surface area contributed by atoms with Crippen molar-refractivity contribution < 1.29 is 19.4 Å². The molecule has 2 heterocycles. The van der Waals surface area contributed by atoms with E-state index >= 15 is 0 Å². The highest BCUT2D eigenvalue weighted by Crippen LogP contribution is 2.38. The maximum Gasteiger partial charge on any atom is 0.271 e. The van der Waals surface area contributed by atoms with Crippen molar-refractivity contribution in [2.75, 3.05) is 19.6 Å². The topological polar surface area (TPSA) is 96.8 Å². The molecule has 8 heteroatoms. The van der Waals surface area contributed by atoms with Gasteiger partial charge in [-0.3, -0.25) is 9.78 Å². The minimum Gasteiger partial charge on any atom is -0.392 e. The average Bonchev–Trinajstić information content (AvgIpc) is 3.19. The van der Waals surface area contributed by atoms with Crippen LogP contribution in [0.2, 0.25) is 0 Å². The van der Waals surface area contributed by atoms with Gasteiger partial charge < -0.3 is 24.8 Å². The molecule has 4 aromatic rings. The van der Waals surface area contributed by atoms with Crippen LogP contribution >= 0.6 is 0 Å². The summed E-state index contributed by atoms with van der Waals surface area (Å²) in [7, 11) is 0. The van der Waals surface area contributed by atoms with Crippen LogP contribution in [0.4, 0.5) is 0 Å². The number of fused-ring (bicyclic) bond motifs is 1.